The number of nitrogens with two attached hydrogens (primary N) is 1. The molecule has 1 aromatic rings. The number of amides is 1. The van der Waals surface area contributed by atoms with Crippen LogP contribution in [0.5, 0.6) is 0 Å². The van der Waals surface area contributed by atoms with Crippen LogP contribution < -0.4 is 11.1 Å². The highest BCUT2D eigenvalue weighted by atomic mass is 16.5. The van der Waals surface area contributed by atoms with E-state index in [1.54, 1.807) is 18.2 Å². The SMILES string of the molecule is COC(=O)Nc1cc(C(N)=NO)ccc1C. The van der Waals surface area contributed by atoms with E-state index < -0.39 is 6.09 Å². The minimum Gasteiger partial charge on any atom is -0.453 e. The van der Waals surface area contributed by atoms with Crippen LogP contribution in [-0.4, -0.2) is 24.2 Å². The Bertz CT molecular complexity index is 429. The van der Waals surface area contributed by atoms with Crippen molar-refractivity contribution in [2.24, 2.45) is 10.9 Å². The molecule has 0 fully saturated rings. The van der Waals surface area contributed by atoms with E-state index in [4.69, 9.17) is 10.9 Å². The molecule has 0 heterocycles. The summed E-state index contributed by atoms with van der Waals surface area (Å²) < 4.78 is 4.47. The fraction of sp³-hybridized carbons (Fsp3) is 0.200. The van der Waals surface area contributed by atoms with Gasteiger partial charge in [0.15, 0.2) is 5.84 Å². The molecule has 0 aliphatic heterocycles. The third kappa shape index (κ3) is 2.63. The van der Waals surface area contributed by atoms with Crippen LogP contribution in [0.15, 0.2) is 23.4 Å². The Morgan fingerprint density at radius 1 is 1.56 bits per heavy atom. The van der Waals surface area contributed by atoms with Gasteiger partial charge in [-0.1, -0.05) is 17.3 Å². The monoisotopic (exact) mass is 223 g/mol. The molecular formula is C10H13N3O3. The molecule has 1 aromatic carbocycles. The maximum Gasteiger partial charge on any atom is 0.411 e. The Labute approximate surface area is 92.7 Å². The molecule has 0 saturated heterocycles. The van der Waals surface area contributed by atoms with Crippen LogP contribution in [-0.2, 0) is 4.74 Å². The molecule has 0 aliphatic carbocycles. The van der Waals surface area contributed by atoms with Crippen molar-refractivity contribution in [2.45, 2.75) is 6.92 Å². The Hall–Kier alpha value is -2.24. The highest BCUT2D eigenvalue weighted by Gasteiger charge is 2.07. The predicted molar refractivity (Wildman–Crippen MR) is 59.7 cm³/mol. The molecule has 16 heavy (non-hydrogen) atoms. The number of amidine groups is 1. The number of methoxy groups -OCH3 is 1. The second kappa shape index (κ2) is 5.01. The predicted octanol–water partition coefficient (Wildman–Crippen LogP) is 1.27. The molecule has 6 heteroatoms. The van der Waals surface area contributed by atoms with Crippen LogP contribution in [0.1, 0.15) is 11.1 Å². The normalized spacial score (nSPS) is 11.0. The number of nitrogens with zero attached hydrogens (tertiary/aromatic N) is 1. The number of aryl methyl sites for hydroxylation is 1. The van der Waals surface area contributed by atoms with Crippen molar-refractivity contribution in [1.29, 1.82) is 0 Å². The lowest BCUT2D eigenvalue weighted by atomic mass is 10.1. The average Bonchev–Trinajstić information content (AvgIpc) is 2.30. The van der Waals surface area contributed by atoms with Gasteiger partial charge in [0, 0.05) is 11.3 Å². The Morgan fingerprint density at radius 2 is 2.25 bits per heavy atom. The molecule has 0 saturated carbocycles. The number of carbonyl (C=O) groups is 1. The fourth-order valence-corrected chi connectivity index (χ4v) is 1.13. The number of benzene rings is 1. The Balaban J connectivity index is 3.04. The maximum atomic E-state index is 11.0. The van der Waals surface area contributed by atoms with Crippen LogP contribution >= 0.6 is 0 Å². The first-order chi connectivity index (χ1) is 7.58. The minimum atomic E-state index is -0.570. The zero-order valence-electron chi connectivity index (χ0n) is 9.02. The Kier molecular flexibility index (Phi) is 3.71. The summed E-state index contributed by atoms with van der Waals surface area (Å²) in [6.07, 6.45) is -0.570. The average molecular weight is 223 g/mol. The summed E-state index contributed by atoms with van der Waals surface area (Å²) >= 11 is 0. The fourth-order valence-electron chi connectivity index (χ4n) is 1.13. The quantitative estimate of drug-likeness (QED) is 0.304. The summed E-state index contributed by atoms with van der Waals surface area (Å²) in [5.74, 6) is -0.0204. The van der Waals surface area contributed by atoms with Crippen LogP contribution in [0, 0.1) is 6.92 Å². The summed E-state index contributed by atoms with van der Waals surface area (Å²) in [5, 5.41) is 13.9. The van der Waals surface area contributed by atoms with E-state index >= 15 is 0 Å². The summed E-state index contributed by atoms with van der Waals surface area (Å²) in [6.45, 7) is 1.82. The van der Waals surface area contributed by atoms with Crippen molar-refractivity contribution in [2.75, 3.05) is 12.4 Å². The number of oxime groups is 1. The number of carbonyl (C=O) groups excluding carboxylic acids is 1. The van der Waals surface area contributed by atoms with Crippen LogP contribution in [0.4, 0.5) is 10.5 Å². The zero-order valence-corrected chi connectivity index (χ0v) is 9.02. The van der Waals surface area contributed by atoms with Crippen molar-refractivity contribution in [3.8, 4) is 0 Å². The zero-order chi connectivity index (χ0) is 12.1. The number of nitrogens with one attached hydrogen (secondary N) is 1. The van der Waals surface area contributed by atoms with E-state index in [2.05, 4.69) is 15.2 Å². The molecule has 0 atom stereocenters. The number of hydrogen-bond acceptors (Lipinski definition) is 4. The third-order valence-electron chi connectivity index (χ3n) is 2.06. The van der Waals surface area contributed by atoms with Gasteiger partial charge in [0.25, 0.3) is 0 Å². The number of hydrogen-bond donors (Lipinski definition) is 3. The summed E-state index contributed by atoms with van der Waals surface area (Å²) in [7, 11) is 1.28. The van der Waals surface area contributed by atoms with Gasteiger partial charge in [-0.05, 0) is 18.6 Å². The summed E-state index contributed by atoms with van der Waals surface area (Å²) in [4.78, 5) is 11.0. The highest BCUT2D eigenvalue weighted by Crippen LogP contribution is 2.16. The molecule has 0 radical (unpaired) electrons. The minimum absolute atomic E-state index is 0.0204. The highest BCUT2D eigenvalue weighted by molar-refractivity contribution is 5.99. The second-order valence-corrected chi connectivity index (χ2v) is 3.13. The van der Waals surface area contributed by atoms with Gasteiger partial charge in [-0.2, -0.15) is 0 Å². The lowest BCUT2D eigenvalue weighted by Gasteiger charge is -2.08. The number of anilines is 1. The smallest absolute Gasteiger partial charge is 0.411 e. The van der Waals surface area contributed by atoms with E-state index in [1.165, 1.54) is 7.11 Å². The van der Waals surface area contributed by atoms with Gasteiger partial charge in [0.05, 0.1) is 7.11 Å². The molecule has 1 amide bonds. The van der Waals surface area contributed by atoms with Crippen molar-refractivity contribution in [1.82, 2.24) is 0 Å². The molecule has 4 N–H and O–H groups in total. The van der Waals surface area contributed by atoms with E-state index in [9.17, 15) is 4.79 Å². The maximum absolute atomic E-state index is 11.0. The van der Waals surface area contributed by atoms with Crippen molar-refractivity contribution >= 4 is 17.6 Å². The lowest BCUT2D eigenvalue weighted by Crippen LogP contribution is -2.16. The van der Waals surface area contributed by atoms with E-state index in [1.807, 2.05) is 6.92 Å². The van der Waals surface area contributed by atoms with E-state index in [0.29, 0.717) is 11.3 Å². The lowest BCUT2D eigenvalue weighted by molar-refractivity contribution is 0.187. The molecule has 0 aliphatic rings. The van der Waals surface area contributed by atoms with Crippen molar-refractivity contribution < 1.29 is 14.7 Å². The molecule has 86 valence electrons. The topological polar surface area (TPSA) is 96.9 Å². The van der Waals surface area contributed by atoms with Gasteiger partial charge in [-0.25, -0.2) is 4.79 Å². The molecule has 1 rings (SSSR count). The van der Waals surface area contributed by atoms with Crippen molar-refractivity contribution in [3.63, 3.8) is 0 Å². The van der Waals surface area contributed by atoms with Crippen LogP contribution in [0.3, 0.4) is 0 Å². The van der Waals surface area contributed by atoms with E-state index in [0.717, 1.165) is 5.56 Å². The van der Waals surface area contributed by atoms with Crippen LogP contribution in [0.25, 0.3) is 0 Å². The van der Waals surface area contributed by atoms with E-state index in [-0.39, 0.29) is 5.84 Å². The van der Waals surface area contributed by atoms with Gasteiger partial charge < -0.3 is 15.7 Å². The molecule has 0 unspecified atom stereocenters. The number of rotatable bonds is 2. The molecule has 6 nitrogen and oxygen atoms in total. The van der Waals surface area contributed by atoms with Gasteiger partial charge in [0.1, 0.15) is 0 Å². The van der Waals surface area contributed by atoms with Gasteiger partial charge >= 0.3 is 6.09 Å². The van der Waals surface area contributed by atoms with Crippen molar-refractivity contribution in [3.05, 3.63) is 29.3 Å². The molecular weight excluding hydrogens is 210 g/mol. The molecule has 0 bridgehead atoms. The molecule has 0 spiro atoms. The third-order valence-corrected chi connectivity index (χ3v) is 2.06. The first-order valence-electron chi connectivity index (χ1n) is 4.52. The summed E-state index contributed by atoms with van der Waals surface area (Å²) in [5.41, 5.74) is 7.34. The first-order valence-corrected chi connectivity index (χ1v) is 4.52. The Morgan fingerprint density at radius 3 is 2.81 bits per heavy atom. The first kappa shape index (κ1) is 11.8. The van der Waals surface area contributed by atoms with Gasteiger partial charge in [-0.3, -0.25) is 5.32 Å². The number of ether oxygens (including phenoxy) is 1. The largest absolute Gasteiger partial charge is 0.453 e. The van der Waals surface area contributed by atoms with Gasteiger partial charge in [0.2, 0.25) is 0 Å². The molecule has 0 aromatic heterocycles. The standard InChI is InChI=1S/C10H13N3O3/c1-6-3-4-7(9(11)13-15)5-8(6)12-10(14)16-2/h3-5,15H,1-2H3,(H2,11,13)(H,12,14). The van der Waals surface area contributed by atoms with Crippen LogP contribution in [0.2, 0.25) is 0 Å². The summed E-state index contributed by atoms with van der Waals surface area (Å²) in [6, 6.07) is 5.03. The van der Waals surface area contributed by atoms with Gasteiger partial charge in [-0.15, -0.1) is 0 Å². The second-order valence-electron chi connectivity index (χ2n) is 3.13.